The smallest absolute Gasteiger partial charge is 0.198 e. The molecule has 0 saturated heterocycles. The lowest BCUT2D eigenvalue weighted by Crippen LogP contribution is -2.11. The molecule has 1 aromatic heterocycles. The van der Waals surface area contributed by atoms with Crippen molar-refractivity contribution >= 4 is 16.8 Å². The second-order valence-electron chi connectivity index (χ2n) is 6.09. The number of aromatic hydroxyl groups is 1. The van der Waals surface area contributed by atoms with Gasteiger partial charge in [-0.05, 0) is 24.5 Å². The molecule has 0 amide bonds. The van der Waals surface area contributed by atoms with Crippen LogP contribution in [0.25, 0.3) is 11.0 Å². The number of phenols is 1. The molecular weight excluding hydrogens is 280 g/mol. The molecule has 3 rings (SSSR count). The second-order valence-corrected chi connectivity index (χ2v) is 6.09. The van der Waals surface area contributed by atoms with Crippen LogP contribution in [0.4, 0.5) is 0 Å². The van der Waals surface area contributed by atoms with Gasteiger partial charge in [0.15, 0.2) is 17.0 Å². The van der Waals surface area contributed by atoms with Gasteiger partial charge >= 0.3 is 0 Å². The minimum Gasteiger partial charge on any atom is -0.507 e. The largest absolute Gasteiger partial charge is 0.507 e. The number of ketones is 1. The van der Waals surface area contributed by atoms with Crippen LogP contribution in [0.3, 0.4) is 0 Å². The summed E-state index contributed by atoms with van der Waals surface area (Å²) in [5, 5.41) is 9.84. The van der Waals surface area contributed by atoms with E-state index < -0.39 is 0 Å². The summed E-state index contributed by atoms with van der Waals surface area (Å²) in [6.45, 7) is 0. The lowest BCUT2D eigenvalue weighted by molar-refractivity contribution is 0.0943. The van der Waals surface area contributed by atoms with E-state index in [1.54, 1.807) is 12.1 Å². The molecule has 2 aromatic rings. The van der Waals surface area contributed by atoms with E-state index in [0.717, 1.165) is 6.42 Å². The highest BCUT2D eigenvalue weighted by Gasteiger charge is 2.18. The van der Waals surface area contributed by atoms with Gasteiger partial charge in [0, 0.05) is 12.5 Å². The average Bonchev–Trinajstić information content (AvgIpc) is 2.53. The summed E-state index contributed by atoms with van der Waals surface area (Å²) in [5.74, 6) is 0.466. The molecular formula is C18H20O4. The van der Waals surface area contributed by atoms with Crippen molar-refractivity contribution in [3.63, 3.8) is 0 Å². The number of fused-ring (bicyclic) bond motifs is 1. The molecule has 4 heteroatoms. The molecule has 1 heterocycles. The van der Waals surface area contributed by atoms with Crippen molar-refractivity contribution < 1.29 is 14.3 Å². The maximum Gasteiger partial charge on any atom is 0.198 e. The van der Waals surface area contributed by atoms with Gasteiger partial charge in [0.25, 0.3) is 0 Å². The lowest BCUT2D eigenvalue weighted by Gasteiger charge is -2.20. The summed E-state index contributed by atoms with van der Waals surface area (Å²) < 4.78 is 5.52. The minimum absolute atomic E-state index is 0.0962. The van der Waals surface area contributed by atoms with E-state index in [9.17, 15) is 14.7 Å². The number of hydrogen-bond donors (Lipinski definition) is 1. The van der Waals surface area contributed by atoms with Crippen LogP contribution in [0.1, 0.15) is 55.5 Å². The maximum atomic E-state index is 12.3. The predicted octanol–water partition coefficient (Wildman–Crippen LogP) is 4.04. The van der Waals surface area contributed by atoms with Gasteiger partial charge < -0.3 is 9.52 Å². The van der Waals surface area contributed by atoms with Crippen molar-refractivity contribution in [3.8, 4) is 5.75 Å². The normalized spacial score (nSPS) is 16.0. The number of carbonyl (C=O) groups is 1. The monoisotopic (exact) mass is 300 g/mol. The van der Waals surface area contributed by atoms with Crippen LogP contribution < -0.4 is 5.43 Å². The molecule has 1 fully saturated rings. The Balaban J connectivity index is 1.78. The Morgan fingerprint density at radius 3 is 2.77 bits per heavy atom. The number of Topliss-reactive ketones (excluding diaryl/α,β-unsaturated/α-hetero) is 1. The van der Waals surface area contributed by atoms with Gasteiger partial charge in [-0.25, -0.2) is 0 Å². The number of phenolic OH excluding ortho intramolecular Hbond substituents is 1. The fraction of sp³-hybridized carbons (Fsp3) is 0.444. The third-order valence-corrected chi connectivity index (χ3v) is 4.51. The van der Waals surface area contributed by atoms with Crippen LogP contribution in [0.5, 0.6) is 5.75 Å². The third kappa shape index (κ3) is 3.06. The van der Waals surface area contributed by atoms with Gasteiger partial charge in [0.1, 0.15) is 16.7 Å². The van der Waals surface area contributed by atoms with Gasteiger partial charge in [-0.2, -0.15) is 0 Å². The van der Waals surface area contributed by atoms with Crippen molar-refractivity contribution in [2.75, 3.05) is 0 Å². The molecule has 0 unspecified atom stereocenters. The molecule has 116 valence electrons. The molecule has 1 N–H and O–H groups in total. The van der Waals surface area contributed by atoms with Gasteiger partial charge in [-0.15, -0.1) is 0 Å². The summed E-state index contributed by atoms with van der Waals surface area (Å²) in [7, 11) is 0. The van der Waals surface area contributed by atoms with E-state index in [-0.39, 0.29) is 33.7 Å². The van der Waals surface area contributed by atoms with Crippen molar-refractivity contribution in [1.82, 2.24) is 0 Å². The summed E-state index contributed by atoms with van der Waals surface area (Å²) in [6.07, 6.45) is 7.48. The standard InChI is InChI=1S/C18H20O4/c19-13(10-9-12-5-2-1-3-6-12)17-11-15(21)18-14(20)7-4-8-16(18)22-17/h4,7-8,11-12,20H,1-3,5-6,9-10H2. The molecule has 1 aliphatic carbocycles. The first-order chi connectivity index (χ1) is 10.6. The molecule has 1 aromatic carbocycles. The second kappa shape index (κ2) is 6.34. The van der Waals surface area contributed by atoms with E-state index in [4.69, 9.17) is 4.42 Å². The summed E-state index contributed by atoms with van der Waals surface area (Å²) in [5.41, 5.74) is -0.117. The Bertz CT molecular complexity index is 738. The zero-order valence-corrected chi connectivity index (χ0v) is 12.5. The summed E-state index contributed by atoms with van der Waals surface area (Å²) in [4.78, 5) is 24.3. The van der Waals surface area contributed by atoms with Crippen molar-refractivity contribution in [2.45, 2.75) is 44.9 Å². The predicted molar refractivity (Wildman–Crippen MR) is 84.3 cm³/mol. The molecule has 1 aliphatic rings. The SMILES string of the molecule is O=C(CCC1CCCCC1)c1cc(=O)c2c(O)cccc2o1. The van der Waals surface area contributed by atoms with Crippen molar-refractivity contribution in [2.24, 2.45) is 5.92 Å². The Morgan fingerprint density at radius 1 is 1.23 bits per heavy atom. The van der Waals surface area contributed by atoms with Gasteiger partial charge in [0.05, 0.1) is 0 Å². The van der Waals surface area contributed by atoms with Crippen LogP contribution in [-0.4, -0.2) is 10.9 Å². The van der Waals surface area contributed by atoms with Gasteiger partial charge in [0.2, 0.25) is 0 Å². The van der Waals surface area contributed by atoms with Crippen LogP contribution in [0.2, 0.25) is 0 Å². The number of benzene rings is 1. The highest BCUT2D eigenvalue weighted by atomic mass is 16.3. The fourth-order valence-corrected chi connectivity index (χ4v) is 3.26. The quantitative estimate of drug-likeness (QED) is 0.865. The number of carbonyl (C=O) groups excluding carboxylic acids is 1. The Kier molecular flexibility index (Phi) is 4.27. The maximum absolute atomic E-state index is 12.3. The van der Waals surface area contributed by atoms with E-state index in [0.29, 0.717) is 12.3 Å². The van der Waals surface area contributed by atoms with E-state index in [1.807, 2.05) is 0 Å². The van der Waals surface area contributed by atoms with Crippen molar-refractivity contribution in [1.29, 1.82) is 0 Å². The highest BCUT2D eigenvalue weighted by Crippen LogP contribution is 2.28. The molecule has 0 radical (unpaired) electrons. The van der Waals surface area contributed by atoms with Crippen LogP contribution in [-0.2, 0) is 0 Å². The fourth-order valence-electron chi connectivity index (χ4n) is 3.26. The molecule has 1 saturated carbocycles. The highest BCUT2D eigenvalue weighted by molar-refractivity contribution is 5.95. The third-order valence-electron chi connectivity index (χ3n) is 4.51. The molecule has 0 atom stereocenters. The lowest BCUT2D eigenvalue weighted by atomic mass is 9.85. The van der Waals surface area contributed by atoms with Gasteiger partial charge in [-0.1, -0.05) is 38.2 Å². The zero-order valence-electron chi connectivity index (χ0n) is 12.5. The van der Waals surface area contributed by atoms with E-state index in [1.165, 1.54) is 44.2 Å². The number of hydrogen-bond acceptors (Lipinski definition) is 4. The molecule has 0 aliphatic heterocycles. The summed E-state index contributed by atoms with van der Waals surface area (Å²) >= 11 is 0. The Hall–Kier alpha value is -2.10. The Morgan fingerprint density at radius 2 is 2.00 bits per heavy atom. The first-order valence-electron chi connectivity index (χ1n) is 7.94. The topological polar surface area (TPSA) is 67.5 Å². The number of rotatable bonds is 4. The van der Waals surface area contributed by atoms with Crippen LogP contribution in [0, 0.1) is 5.92 Å². The van der Waals surface area contributed by atoms with E-state index in [2.05, 4.69) is 0 Å². The van der Waals surface area contributed by atoms with Gasteiger partial charge in [-0.3, -0.25) is 9.59 Å². The summed E-state index contributed by atoms with van der Waals surface area (Å²) in [6, 6.07) is 5.82. The van der Waals surface area contributed by atoms with E-state index >= 15 is 0 Å². The first-order valence-corrected chi connectivity index (χ1v) is 7.94. The van der Waals surface area contributed by atoms with Crippen molar-refractivity contribution in [3.05, 3.63) is 40.2 Å². The molecule has 0 bridgehead atoms. The molecule has 0 spiro atoms. The first kappa shape index (κ1) is 14.8. The average molecular weight is 300 g/mol. The minimum atomic E-state index is -0.375. The van der Waals surface area contributed by atoms with Crippen LogP contribution in [0.15, 0.2) is 33.5 Å². The zero-order chi connectivity index (χ0) is 15.5. The van der Waals surface area contributed by atoms with Crippen LogP contribution >= 0.6 is 0 Å². The molecule has 22 heavy (non-hydrogen) atoms. The molecule has 4 nitrogen and oxygen atoms in total. The Labute approximate surface area is 128 Å².